The predicted octanol–water partition coefficient (Wildman–Crippen LogP) is 1.92. The number of carbonyl (C=O) groups excluding carboxylic acids is 1. The molecule has 3 unspecified atom stereocenters. The van der Waals surface area contributed by atoms with Gasteiger partial charge in [-0.1, -0.05) is 13.3 Å². The van der Waals surface area contributed by atoms with Crippen LogP contribution in [0.25, 0.3) is 0 Å². The zero-order chi connectivity index (χ0) is 16.0. The van der Waals surface area contributed by atoms with Crippen LogP contribution in [-0.2, 0) is 9.59 Å². The Kier molecular flexibility index (Phi) is 7.15. The Morgan fingerprint density at radius 3 is 2.19 bits per heavy atom. The summed E-state index contributed by atoms with van der Waals surface area (Å²) < 4.78 is 0. The van der Waals surface area contributed by atoms with E-state index in [1.165, 1.54) is 0 Å². The fourth-order valence-electron chi connectivity index (χ4n) is 3.26. The SMILES string of the molecule is CCC1CC(C(=O)O)C(C(=O)N(CC)CCCN(C)C)C1. The topological polar surface area (TPSA) is 60.9 Å². The van der Waals surface area contributed by atoms with Crippen LogP contribution in [0.4, 0.5) is 0 Å². The molecule has 1 aliphatic rings. The monoisotopic (exact) mass is 298 g/mol. The first-order valence-electron chi connectivity index (χ1n) is 8.06. The van der Waals surface area contributed by atoms with Gasteiger partial charge in [-0.05, 0) is 52.7 Å². The molecule has 0 aliphatic heterocycles. The third kappa shape index (κ3) is 4.99. The molecule has 0 aromatic carbocycles. The molecule has 1 N–H and O–H groups in total. The number of rotatable bonds is 8. The first-order valence-corrected chi connectivity index (χ1v) is 8.06. The van der Waals surface area contributed by atoms with Gasteiger partial charge in [0.1, 0.15) is 0 Å². The molecule has 5 heteroatoms. The van der Waals surface area contributed by atoms with Crippen molar-refractivity contribution in [2.24, 2.45) is 17.8 Å². The molecule has 1 saturated carbocycles. The fraction of sp³-hybridized carbons (Fsp3) is 0.875. The van der Waals surface area contributed by atoms with Crippen LogP contribution < -0.4 is 0 Å². The summed E-state index contributed by atoms with van der Waals surface area (Å²) in [6.07, 6.45) is 3.27. The summed E-state index contributed by atoms with van der Waals surface area (Å²) >= 11 is 0. The molecular weight excluding hydrogens is 268 g/mol. The molecule has 0 aromatic heterocycles. The number of nitrogens with zero attached hydrogens (tertiary/aromatic N) is 2. The molecule has 1 rings (SSSR count). The minimum Gasteiger partial charge on any atom is -0.481 e. The summed E-state index contributed by atoms with van der Waals surface area (Å²) in [7, 11) is 4.03. The average Bonchev–Trinajstić information content (AvgIpc) is 2.87. The molecule has 1 aliphatic carbocycles. The minimum absolute atomic E-state index is 0.0413. The Labute approximate surface area is 128 Å². The van der Waals surface area contributed by atoms with E-state index in [-0.39, 0.29) is 11.8 Å². The molecule has 0 bridgehead atoms. The van der Waals surface area contributed by atoms with Crippen molar-refractivity contribution in [2.75, 3.05) is 33.7 Å². The van der Waals surface area contributed by atoms with Gasteiger partial charge in [-0.25, -0.2) is 0 Å². The smallest absolute Gasteiger partial charge is 0.307 e. The molecule has 0 radical (unpaired) electrons. The van der Waals surface area contributed by atoms with E-state index in [4.69, 9.17) is 0 Å². The van der Waals surface area contributed by atoms with Gasteiger partial charge in [0.2, 0.25) is 5.91 Å². The Morgan fingerprint density at radius 2 is 1.71 bits per heavy atom. The average molecular weight is 298 g/mol. The highest BCUT2D eigenvalue weighted by Crippen LogP contribution is 2.39. The number of hydrogen-bond donors (Lipinski definition) is 1. The van der Waals surface area contributed by atoms with Gasteiger partial charge in [-0.3, -0.25) is 9.59 Å². The summed E-state index contributed by atoms with van der Waals surface area (Å²) in [5.41, 5.74) is 0. The minimum atomic E-state index is -0.811. The van der Waals surface area contributed by atoms with Crippen molar-refractivity contribution >= 4 is 11.9 Å². The predicted molar refractivity (Wildman–Crippen MR) is 83.1 cm³/mol. The number of carboxylic acids is 1. The van der Waals surface area contributed by atoms with Gasteiger partial charge in [-0.2, -0.15) is 0 Å². The molecule has 1 amide bonds. The van der Waals surface area contributed by atoms with Crippen molar-refractivity contribution in [2.45, 2.75) is 39.5 Å². The molecule has 0 spiro atoms. The lowest BCUT2D eigenvalue weighted by Crippen LogP contribution is -2.40. The molecule has 3 atom stereocenters. The lowest BCUT2D eigenvalue weighted by molar-refractivity contribution is -0.149. The van der Waals surface area contributed by atoms with E-state index in [9.17, 15) is 14.7 Å². The van der Waals surface area contributed by atoms with E-state index in [1.807, 2.05) is 25.9 Å². The second kappa shape index (κ2) is 8.37. The van der Waals surface area contributed by atoms with Crippen LogP contribution in [0.15, 0.2) is 0 Å². The summed E-state index contributed by atoms with van der Waals surface area (Å²) in [5.74, 6) is -1.22. The van der Waals surface area contributed by atoms with Crippen LogP contribution in [-0.4, -0.2) is 60.5 Å². The Balaban J connectivity index is 2.66. The van der Waals surface area contributed by atoms with E-state index in [1.54, 1.807) is 0 Å². The Bertz CT molecular complexity index is 357. The van der Waals surface area contributed by atoms with Crippen molar-refractivity contribution in [3.05, 3.63) is 0 Å². The number of carbonyl (C=O) groups is 2. The summed E-state index contributed by atoms with van der Waals surface area (Å²) in [5, 5.41) is 9.37. The van der Waals surface area contributed by atoms with Gasteiger partial charge < -0.3 is 14.9 Å². The standard InChI is InChI=1S/C16H30N2O3/c1-5-12-10-13(14(11-12)16(20)21)15(19)18(6-2)9-7-8-17(3)4/h12-14H,5-11H2,1-4H3,(H,20,21). The van der Waals surface area contributed by atoms with E-state index < -0.39 is 11.9 Å². The summed E-state index contributed by atoms with van der Waals surface area (Å²) in [6.45, 7) is 6.36. The Hall–Kier alpha value is -1.10. The lowest BCUT2D eigenvalue weighted by atomic mass is 9.94. The normalized spacial score (nSPS) is 25.3. The quantitative estimate of drug-likeness (QED) is 0.744. The zero-order valence-electron chi connectivity index (χ0n) is 13.8. The number of amides is 1. The van der Waals surface area contributed by atoms with Crippen molar-refractivity contribution < 1.29 is 14.7 Å². The van der Waals surface area contributed by atoms with Crippen LogP contribution in [0.3, 0.4) is 0 Å². The highest BCUT2D eigenvalue weighted by molar-refractivity contribution is 5.85. The third-order valence-electron chi connectivity index (χ3n) is 4.60. The molecule has 122 valence electrons. The van der Waals surface area contributed by atoms with Gasteiger partial charge in [0.15, 0.2) is 0 Å². The van der Waals surface area contributed by atoms with Crippen molar-refractivity contribution in [3.63, 3.8) is 0 Å². The van der Waals surface area contributed by atoms with Crippen molar-refractivity contribution in [3.8, 4) is 0 Å². The van der Waals surface area contributed by atoms with Gasteiger partial charge in [0, 0.05) is 13.1 Å². The summed E-state index contributed by atoms with van der Waals surface area (Å²) in [4.78, 5) is 28.0. The van der Waals surface area contributed by atoms with Crippen LogP contribution in [0, 0.1) is 17.8 Å². The lowest BCUT2D eigenvalue weighted by Gasteiger charge is -2.26. The zero-order valence-corrected chi connectivity index (χ0v) is 13.8. The maximum atomic E-state index is 12.7. The second-order valence-corrected chi connectivity index (χ2v) is 6.37. The number of aliphatic carboxylic acids is 1. The molecule has 0 saturated heterocycles. The van der Waals surface area contributed by atoms with Gasteiger partial charge in [0.05, 0.1) is 11.8 Å². The van der Waals surface area contributed by atoms with E-state index in [2.05, 4.69) is 11.8 Å². The maximum Gasteiger partial charge on any atom is 0.307 e. The highest BCUT2D eigenvalue weighted by Gasteiger charge is 2.43. The van der Waals surface area contributed by atoms with Crippen molar-refractivity contribution in [1.29, 1.82) is 0 Å². The van der Waals surface area contributed by atoms with E-state index in [0.29, 0.717) is 25.4 Å². The highest BCUT2D eigenvalue weighted by atomic mass is 16.4. The van der Waals surface area contributed by atoms with Crippen LogP contribution in [0.2, 0.25) is 0 Å². The summed E-state index contributed by atoms with van der Waals surface area (Å²) in [6, 6.07) is 0. The molecule has 0 aromatic rings. The van der Waals surface area contributed by atoms with Gasteiger partial charge in [-0.15, -0.1) is 0 Å². The van der Waals surface area contributed by atoms with Crippen LogP contribution in [0.5, 0.6) is 0 Å². The van der Waals surface area contributed by atoms with Crippen LogP contribution in [0.1, 0.15) is 39.5 Å². The fourth-order valence-corrected chi connectivity index (χ4v) is 3.26. The number of hydrogen-bond acceptors (Lipinski definition) is 3. The van der Waals surface area contributed by atoms with Gasteiger partial charge in [0.25, 0.3) is 0 Å². The Morgan fingerprint density at radius 1 is 1.10 bits per heavy atom. The molecular formula is C16H30N2O3. The first kappa shape index (κ1) is 18.0. The van der Waals surface area contributed by atoms with Gasteiger partial charge >= 0.3 is 5.97 Å². The largest absolute Gasteiger partial charge is 0.481 e. The second-order valence-electron chi connectivity index (χ2n) is 6.37. The van der Waals surface area contributed by atoms with E-state index >= 15 is 0 Å². The van der Waals surface area contributed by atoms with Crippen molar-refractivity contribution in [1.82, 2.24) is 9.80 Å². The van der Waals surface area contributed by atoms with E-state index in [0.717, 1.165) is 25.8 Å². The third-order valence-corrected chi connectivity index (χ3v) is 4.60. The maximum absolute atomic E-state index is 12.7. The van der Waals surface area contributed by atoms with Crippen LogP contribution >= 0.6 is 0 Å². The molecule has 1 fully saturated rings. The first-order chi connectivity index (χ1) is 9.90. The molecule has 21 heavy (non-hydrogen) atoms. The molecule has 0 heterocycles. The number of carboxylic acid groups (broad SMARTS) is 1. The molecule has 5 nitrogen and oxygen atoms in total.